The molecular formula is C16H18N4O4S. The first-order chi connectivity index (χ1) is 12.1. The summed E-state index contributed by atoms with van der Waals surface area (Å²) >= 11 is 1.37. The van der Waals surface area contributed by atoms with Gasteiger partial charge in [0.1, 0.15) is 17.9 Å². The Labute approximate surface area is 148 Å². The van der Waals surface area contributed by atoms with Crippen LogP contribution in [0, 0.1) is 0 Å². The molecule has 0 bridgehead atoms. The fourth-order valence-electron chi connectivity index (χ4n) is 2.60. The topological polar surface area (TPSA) is 103 Å². The first-order valence-corrected chi connectivity index (χ1v) is 8.86. The number of carbonyl (C=O) groups excluding carboxylic acids is 2. The molecule has 9 heteroatoms. The minimum absolute atomic E-state index is 0.191. The Balaban J connectivity index is 1.72. The molecule has 8 nitrogen and oxygen atoms in total. The summed E-state index contributed by atoms with van der Waals surface area (Å²) in [5, 5.41) is 3.16. The lowest BCUT2D eigenvalue weighted by Crippen LogP contribution is -2.16. The summed E-state index contributed by atoms with van der Waals surface area (Å²) in [5.41, 5.74) is 0.896. The highest BCUT2D eigenvalue weighted by molar-refractivity contribution is 7.16. The Kier molecular flexibility index (Phi) is 5.22. The van der Waals surface area contributed by atoms with Gasteiger partial charge in [0.25, 0.3) is 5.91 Å². The second kappa shape index (κ2) is 7.56. The van der Waals surface area contributed by atoms with E-state index in [1.807, 2.05) is 6.92 Å². The van der Waals surface area contributed by atoms with Crippen molar-refractivity contribution in [2.45, 2.75) is 32.6 Å². The molecule has 2 aromatic rings. The average molecular weight is 362 g/mol. The molecule has 1 amide bonds. The van der Waals surface area contributed by atoms with Crippen LogP contribution in [0.15, 0.2) is 12.4 Å². The molecule has 1 N–H and O–H groups in total. The normalized spacial score (nSPS) is 15.5. The van der Waals surface area contributed by atoms with E-state index < -0.39 is 5.91 Å². The maximum atomic E-state index is 12.3. The van der Waals surface area contributed by atoms with Crippen LogP contribution in [0.3, 0.4) is 0 Å². The zero-order valence-electron chi connectivity index (χ0n) is 13.9. The molecule has 0 fully saturated rings. The van der Waals surface area contributed by atoms with Crippen LogP contribution in [0.4, 0.5) is 5.13 Å². The first kappa shape index (κ1) is 17.3. The van der Waals surface area contributed by atoms with E-state index in [1.54, 1.807) is 6.92 Å². The van der Waals surface area contributed by atoms with Crippen molar-refractivity contribution in [3.05, 3.63) is 28.7 Å². The van der Waals surface area contributed by atoms with Crippen LogP contribution in [0.25, 0.3) is 0 Å². The Morgan fingerprint density at radius 2 is 2.16 bits per heavy atom. The number of thiazole rings is 1. The van der Waals surface area contributed by atoms with E-state index in [9.17, 15) is 9.59 Å². The van der Waals surface area contributed by atoms with Crippen molar-refractivity contribution in [1.29, 1.82) is 0 Å². The van der Waals surface area contributed by atoms with Crippen molar-refractivity contribution in [2.75, 3.05) is 18.5 Å². The summed E-state index contributed by atoms with van der Waals surface area (Å²) in [6, 6.07) is 1.47. The number of amides is 1. The largest absolute Gasteiger partial charge is 0.478 e. The minimum atomic E-state index is -0.400. The first-order valence-electron chi connectivity index (χ1n) is 8.04. The van der Waals surface area contributed by atoms with Crippen LogP contribution in [-0.4, -0.2) is 40.0 Å². The van der Waals surface area contributed by atoms with Crippen molar-refractivity contribution in [3.63, 3.8) is 0 Å². The number of carbonyl (C=O) groups is 2. The summed E-state index contributed by atoms with van der Waals surface area (Å²) in [7, 11) is 0. The van der Waals surface area contributed by atoms with E-state index >= 15 is 0 Å². The highest BCUT2D eigenvalue weighted by Crippen LogP contribution is 2.39. The van der Waals surface area contributed by atoms with Crippen LogP contribution in [0.2, 0.25) is 0 Å². The van der Waals surface area contributed by atoms with E-state index in [-0.39, 0.29) is 17.6 Å². The molecule has 25 heavy (non-hydrogen) atoms. The predicted molar refractivity (Wildman–Crippen MR) is 91.0 cm³/mol. The van der Waals surface area contributed by atoms with E-state index in [2.05, 4.69) is 20.3 Å². The van der Waals surface area contributed by atoms with Gasteiger partial charge < -0.3 is 9.47 Å². The summed E-state index contributed by atoms with van der Waals surface area (Å²) < 4.78 is 10.4. The second-order valence-electron chi connectivity index (χ2n) is 5.30. The smallest absolute Gasteiger partial charge is 0.315 e. The van der Waals surface area contributed by atoms with Crippen LogP contribution in [0.5, 0.6) is 5.88 Å². The third kappa shape index (κ3) is 3.76. The number of aromatic nitrogens is 3. The number of hydrogen-bond donors (Lipinski definition) is 1. The fraction of sp³-hybridized carbons (Fsp3) is 0.438. The minimum Gasteiger partial charge on any atom is -0.478 e. The van der Waals surface area contributed by atoms with Crippen molar-refractivity contribution >= 4 is 28.3 Å². The van der Waals surface area contributed by atoms with Crippen molar-refractivity contribution in [2.24, 2.45) is 0 Å². The van der Waals surface area contributed by atoms with Gasteiger partial charge in [0.15, 0.2) is 5.13 Å². The van der Waals surface area contributed by atoms with Gasteiger partial charge in [-0.05, 0) is 26.7 Å². The molecule has 1 atom stereocenters. The van der Waals surface area contributed by atoms with E-state index in [1.165, 1.54) is 23.7 Å². The number of nitrogens with zero attached hydrogens (tertiary/aromatic N) is 3. The molecule has 0 spiro atoms. The number of fused-ring (bicyclic) bond motifs is 1. The molecule has 1 unspecified atom stereocenters. The number of ether oxygens (including phenoxy) is 2. The van der Waals surface area contributed by atoms with Crippen LogP contribution < -0.4 is 10.1 Å². The van der Waals surface area contributed by atoms with Gasteiger partial charge in [-0.15, -0.1) is 11.3 Å². The summed E-state index contributed by atoms with van der Waals surface area (Å²) in [6.45, 7) is 4.40. The highest BCUT2D eigenvalue weighted by Gasteiger charge is 2.33. The molecule has 0 saturated heterocycles. The molecule has 132 valence electrons. The van der Waals surface area contributed by atoms with Gasteiger partial charge in [0.05, 0.1) is 18.9 Å². The molecule has 0 aliphatic heterocycles. The number of esters is 1. The van der Waals surface area contributed by atoms with Gasteiger partial charge in [0.2, 0.25) is 5.88 Å². The van der Waals surface area contributed by atoms with Gasteiger partial charge in [0, 0.05) is 10.9 Å². The molecular weight excluding hydrogens is 344 g/mol. The number of nitrogens with one attached hydrogen (secondary N) is 1. The molecule has 0 aromatic carbocycles. The Bertz CT molecular complexity index is 792. The Hall–Kier alpha value is -2.55. The third-order valence-electron chi connectivity index (χ3n) is 3.68. The lowest BCUT2D eigenvalue weighted by Gasteiger charge is -2.08. The molecule has 1 aliphatic rings. The zero-order valence-corrected chi connectivity index (χ0v) is 14.8. The fourth-order valence-corrected chi connectivity index (χ4v) is 3.64. The lowest BCUT2D eigenvalue weighted by atomic mass is 10.1. The Morgan fingerprint density at radius 1 is 1.32 bits per heavy atom. The van der Waals surface area contributed by atoms with Crippen LogP contribution >= 0.6 is 11.3 Å². The number of rotatable bonds is 6. The highest BCUT2D eigenvalue weighted by atomic mass is 32.1. The molecule has 2 aromatic heterocycles. The lowest BCUT2D eigenvalue weighted by molar-refractivity contribution is -0.145. The molecule has 3 rings (SSSR count). The summed E-state index contributed by atoms with van der Waals surface area (Å²) in [5.74, 6) is -0.669. The molecule has 1 aliphatic carbocycles. The van der Waals surface area contributed by atoms with E-state index in [0.29, 0.717) is 36.3 Å². The molecule has 0 radical (unpaired) electrons. The van der Waals surface area contributed by atoms with Crippen LogP contribution in [-0.2, 0) is 16.0 Å². The molecule has 0 saturated carbocycles. The van der Waals surface area contributed by atoms with Gasteiger partial charge >= 0.3 is 5.97 Å². The monoisotopic (exact) mass is 362 g/mol. The quantitative estimate of drug-likeness (QED) is 0.786. The number of hydrogen-bond acceptors (Lipinski definition) is 8. The summed E-state index contributed by atoms with van der Waals surface area (Å²) in [6.07, 6.45) is 2.73. The number of anilines is 1. The maximum absolute atomic E-state index is 12.3. The zero-order chi connectivity index (χ0) is 17.8. The van der Waals surface area contributed by atoms with Crippen molar-refractivity contribution < 1.29 is 19.1 Å². The second-order valence-corrected chi connectivity index (χ2v) is 6.38. The summed E-state index contributed by atoms with van der Waals surface area (Å²) in [4.78, 5) is 37.6. The van der Waals surface area contributed by atoms with Gasteiger partial charge in [-0.1, -0.05) is 0 Å². The van der Waals surface area contributed by atoms with Gasteiger partial charge in [-0.25, -0.2) is 15.0 Å². The third-order valence-corrected chi connectivity index (χ3v) is 4.72. The predicted octanol–water partition coefficient (Wildman–Crippen LogP) is 2.18. The van der Waals surface area contributed by atoms with Crippen LogP contribution in [0.1, 0.15) is 47.2 Å². The van der Waals surface area contributed by atoms with E-state index in [0.717, 1.165) is 11.3 Å². The maximum Gasteiger partial charge on any atom is 0.315 e. The van der Waals surface area contributed by atoms with Crippen molar-refractivity contribution in [1.82, 2.24) is 15.0 Å². The van der Waals surface area contributed by atoms with E-state index in [4.69, 9.17) is 9.47 Å². The van der Waals surface area contributed by atoms with Gasteiger partial charge in [-0.3, -0.25) is 14.9 Å². The SMILES string of the molecule is CCOC(=O)C1CCc2sc(NC(=O)c3cc(OCC)ncn3)nc21. The van der Waals surface area contributed by atoms with Gasteiger partial charge in [-0.2, -0.15) is 0 Å². The molecule has 2 heterocycles. The standard InChI is InChI=1S/C16H18N4O4S/c1-3-23-12-7-10(17-8-18-12)14(21)20-16-19-13-9(15(22)24-4-2)5-6-11(13)25-16/h7-9H,3-6H2,1-2H3,(H,19,20,21). The Morgan fingerprint density at radius 3 is 2.92 bits per heavy atom. The average Bonchev–Trinajstić information content (AvgIpc) is 3.15. The van der Waals surface area contributed by atoms with Crippen molar-refractivity contribution in [3.8, 4) is 5.88 Å². The number of aryl methyl sites for hydroxylation is 1.